The second-order valence-electron chi connectivity index (χ2n) is 12.0. The average Bonchev–Trinajstić information content (AvgIpc) is 3.11. The molecule has 1 aliphatic carbocycles. The normalized spacial score (nSPS) is 27.6. The Bertz CT molecular complexity index is 1440. The Balaban J connectivity index is 1.55. The predicted octanol–water partition coefficient (Wildman–Crippen LogP) is 2.08. The fraction of sp³-hybridized carbons (Fsp3) is 0.708. The van der Waals surface area contributed by atoms with Gasteiger partial charge in [-0.15, -0.1) is 0 Å². The smallest absolute Gasteiger partial charge is 0.437 e. The van der Waals surface area contributed by atoms with Crippen molar-refractivity contribution in [2.45, 2.75) is 84.6 Å². The standard InChI is InChI=1S/C24H35FN5O11P/c1-8-23-17(24(23,34)13(25)16(40-23)30-9-27-12-14(30)28-20(26)29-15(12)31)41-42(35,38-10-36-18(32)21(2,3)4)39-11-37-19(33)22(5,6)7/h9,13,16-17,34H,8,10-11H2,1-7H3,(H3,26,28,29,31)/t13-,16+,17?,23+,24+/m0/s1. The molecule has 3 heterocycles. The topological polar surface area (TPSA) is 216 Å². The van der Waals surface area contributed by atoms with E-state index in [0.29, 0.717) is 0 Å². The minimum Gasteiger partial charge on any atom is -0.437 e. The van der Waals surface area contributed by atoms with Gasteiger partial charge in [-0.3, -0.25) is 28.5 Å². The summed E-state index contributed by atoms with van der Waals surface area (Å²) in [6.07, 6.45) is -4.25. The molecule has 5 atom stereocenters. The molecule has 1 aliphatic heterocycles. The van der Waals surface area contributed by atoms with E-state index in [9.17, 15) is 24.1 Å². The molecule has 0 radical (unpaired) electrons. The average molecular weight is 620 g/mol. The number of H-pyrrole nitrogens is 1. The molecule has 42 heavy (non-hydrogen) atoms. The number of hydrogen-bond donors (Lipinski definition) is 3. The number of aromatic amines is 1. The van der Waals surface area contributed by atoms with Gasteiger partial charge in [0, 0.05) is 0 Å². The minimum atomic E-state index is -4.80. The number of halogens is 1. The van der Waals surface area contributed by atoms with Crippen LogP contribution in [0, 0.1) is 10.8 Å². The zero-order valence-corrected chi connectivity index (χ0v) is 25.1. The zero-order valence-electron chi connectivity index (χ0n) is 24.2. The van der Waals surface area contributed by atoms with Crippen molar-refractivity contribution in [3.8, 4) is 0 Å². The molecule has 2 aromatic rings. The van der Waals surface area contributed by atoms with Gasteiger partial charge in [0.2, 0.25) is 19.5 Å². The number of aromatic nitrogens is 4. The number of carbonyl (C=O) groups excluding carboxylic acids is 2. The highest BCUT2D eigenvalue weighted by atomic mass is 31.2. The Labute approximate surface area is 239 Å². The van der Waals surface area contributed by atoms with Crippen LogP contribution in [0.4, 0.5) is 10.3 Å². The number of fused-ring (bicyclic) bond motifs is 2. The number of carbonyl (C=O) groups is 2. The van der Waals surface area contributed by atoms with Gasteiger partial charge < -0.3 is 25.1 Å². The number of nitrogens with one attached hydrogen (secondary N) is 1. The predicted molar refractivity (Wildman–Crippen MR) is 141 cm³/mol. The molecule has 2 fully saturated rings. The largest absolute Gasteiger partial charge is 0.481 e. The third-order valence-electron chi connectivity index (χ3n) is 6.93. The number of imidazole rings is 1. The Hall–Kier alpha value is -2.95. The summed E-state index contributed by atoms with van der Waals surface area (Å²) >= 11 is 0. The molecule has 4 N–H and O–H groups in total. The van der Waals surface area contributed by atoms with Crippen LogP contribution in [0.1, 0.15) is 61.1 Å². The van der Waals surface area contributed by atoms with Gasteiger partial charge in [-0.25, -0.2) is 23.0 Å². The number of rotatable bonds is 10. The summed E-state index contributed by atoms with van der Waals surface area (Å²) in [5, 5.41) is 11.4. The van der Waals surface area contributed by atoms with Gasteiger partial charge >= 0.3 is 19.8 Å². The van der Waals surface area contributed by atoms with Crippen LogP contribution in [0.2, 0.25) is 0 Å². The highest BCUT2D eigenvalue weighted by Crippen LogP contribution is 2.70. The summed E-state index contributed by atoms with van der Waals surface area (Å²) in [7, 11) is -4.80. The van der Waals surface area contributed by atoms with E-state index >= 15 is 4.39 Å². The van der Waals surface area contributed by atoms with Crippen LogP contribution in [-0.4, -0.2) is 73.6 Å². The summed E-state index contributed by atoms with van der Waals surface area (Å²) < 4.78 is 62.4. The summed E-state index contributed by atoms with van der Waals surface area (Å²) in [5.41, 5.74) is -1.22. The van der Waals surface area contributed by atoms with Gasteiger partial charge in [-0.05, 0) is 48.0 Å². The Kier molecular flexibility index (Phi) is 8.10. The number of nitrogen functional groups attached to an aromatic ring is 1. The number of phosphoric acid groups is 1. The molecule has 1 unspecified atom stereocenters. The zero-order chi connectivity index (χ0) is 31.5. The number of hydrogen-bond acceptors (Lipinski definition) is 14. The van der Waals surface area contributed by atoms with Crippen LogP contribution in [-0.2, 0) is 41.9 Å². The first-order valence-electron chi connectivity index (χ1n) is 13.0. The van der Waals surface area contributed by atoms with Crippen molar-refractivity contribution in [1.29, 1.82) is 0 Å². The maximum atomic E-state index is 16.0. The third-order valence-corrected chi connectivity index (χ3v) is 8.24. The quantitative estimate of drug-likeness (QED) is 0.197. The van der Waals surface area contributed by atoms with E-state index in [1.807, 2.05) is 0 Å². The van der Waals surface area contributed by atoms with Crippen LogP contribution >= 0.6 is 7.82 Å². The first-order valence-corrected chi connectivity index (χ1v) is 14.5. The number of nitrogens with two attached hydrogens (primary N) is 1. The van der Waals surface area contributed by atoms with E-state index in [2.05, 4.69) is 15.0 Å². The van der Waals surface area contributed by atoms with E-state index in [1.165, 1.54) is 0 Å². The van der Waals surface area contributed by atoms with E-state index in [1.54, 1.807) is 48.5 Å². The van der Waals surface area contributed by atoms with Crippen molar-refractivity contribution >= 4 is 36.9 Å². The van der Waals surface area contributed by atoms with Gasteiger partial charge in [0.05, 0.1) is 17.2 Å². The van der Waals surface area contributed by atoms with Gasteiger partial charge in [-0.1, -0.05) is 6.92 Å². The van der Waals surface area contributed by atoms with Crippen molar-refractivity contribution in [1.82, 2.24) is 19.5 Å². The molecule has 1 saturated carbocycles. The van der Waals surface area contributed by atoms with E-state index in [-0.39, 0.29) is 23.5 Å². The number of phosphoric ester groups is 1. The van der Waals surface area contributed by atoms with Gasteiger partial charge in [0.15, 0.2) is 29.2 Å². The van der Waals surface area contributed by atoms with Crippen molar-refractivity contribution < 1.29 is 51.4 Å². The Morgan fingerprint density at radius 1 is 1.17 bits per heavy atom. The molecule has 2 aliphatic rings. The molecule has 0 amide bonds. The van der Waals surface area contributed by atoms with Crippen molar-refractivity contribution in [3.05, 3.63) is 16.7 Å². The van der Waals surface area contributed by atoms with Crippen molar-refractivity contribution in [2.24, 2.45) is 10.8 Å². The lowest BCUT2D eigenvalue weighted by Crippen LogP contribution is -2.34. The molecular weight excluding hydrogens is 584 g/mol. The molecule has 0 spiro atoms. The maximum Gasteiger partial charge on any atom is 0.481 e. The van der Waals surface area contributed by atoms with Crippen LogP contribution in [0.15, 0.2) is 11.1 Å². The number of aliphatic hydroxyl groups is 1. The highest BCUT2D eigenvalue weighted by Gasteiger charge is 2.89. The fourth-order valence-electron chi connectivity index (χ4n) is 4.50. The second kappa shape index (κ2) is 10.6. The van der Waals surface area contributed by atoms with E-state index in [0.717, 1.165) is 10.9 Å². The van der Waals surface area contributed by atoms with Crippen LogP contribution < -0.4 is 11.3 Å². The molecule has 0 bridgehead atoms. The van der Waals surface area contributed by atoms with Crippen LogP contribution in [0.5, 0.6) is 0 Å². The number of nitrogens with zero attached hydrogens (tertiary/aromatic N) is 3. The molecule has 0 aromatic carbocycles. The van der Waals surface area contributed by atoms with E-state index in [4.69, 9.17) is 33.5 Å². The molecule has 234 valence electrons. The SMILES string of the molecule is CC[C@]12O[C@@H](n3cnc4c(=O)[nH]c(N)nc43)[C@H](F)[C@@]1(O)C2OP(=O)(OCOC(=O)C(C)(C)C)OCOC(=O)C(C)(C)C. The van der Waals surface area contributed by atoms with Crippen molar-refractivity contribution in [2.75, 3.05) is 19.3 Å². The molecule has 16 nitrogen and oxygen atoms in total. The number of ether oxygens (including phenoxy) is 3. The lowest BCUT2D eigenvalue weighted by Gasteiger charge is -2.26. The highest BCUT2D eigenvalue weighted by molar-refractivity contribution is 7.48. The maximum absolute atomic E-state index is 16.0. The summed E-state index contributed by atoms with van der Waals surface area (Å²) in [4.78, 5) is 46.6. The number of esters is 2. The number of anilines is 1. The van der Waals surface area contributed by atoms with Crippen LogP contribution in [0.25, 0.3) is 11.2 Å². The monoisotopic (exact) mass is 619 g/mol. The molecule has 2 aromatic heterocycles. The Morgan fingerprint density at radius 2 is 1.71 bits per heavy atom. The van der Waals surface area contributed by atoms with Gasteiger partial charge in [0.25, 0.3) is 5.56 Å². The fourth-order valence-corrected chi connectivity index (χ4v) is 5.65. The Morgan fingerprint density at radius 3 is 2.19 bits per heavy atom. The van der Waals surface area contributed by atoms with Gasteiger partial charge in [0.1, 0.15) is 11.7 Å². The summed E-state index contributed by atoms with van der Waals surface area (Å²) in [6.45, 7) is 9.27. The van der Waals surface area contributed by atoms with Crippen molar-refractivity contribution in [3.63, 3.8) is 0 Å². The summed E-state index contributed by atoms with van der Waals surface area (Å²) in [5.74, 6) is -1.64. The summed E-state index contributed by atoms with van der Waals surface area (Å²) in [6, 6.07) is 0. The third kappa shape index (κ3) is 5.44. The van der Waals surface area contributed by atoms with E-state index < -0.39 is 79.4 Å². The molecule has 4 rings (SSSR count). The first-order chi connectivity index (χ1) is 19.3. The molecule has 18 heteroatoms. The minimum absolute atomic E-state index is 0.0358. The number of alkyl halides is 1. The van der Waals surface area contributed by atoms with Gasteiger partial charge in [-0.2, -0.15) is 4.98 Å². The first kappa shape index (κ1) is 32.0. The van der Waals surface area contributed by atoms with Crippen LogP contribution in [0.3, 0.4) is 0 Å². The molecule has 1 saturated heterocycles. The lowest BCUT2D eigenvalue weighted by atomic mass is 9.98. The second-order valence-corrected chi connectivity index (χ2v) is 13.7. The molecular formula is C24H35FN5O11P. The lowest BCUT2D eigenvalue weighted by molar-refractivity contribution is -0.164.